The van der Waals surface area contributed by atoms with Crippen molar-refractivity contribution in [2.24, 2.45) is 5.92 Å². The molecule has 54 heavy (non-hydrogen) atoms. The van der Waals surface area contributed by atoms with Gasteiger partial charge >= 0.3 is 12.0 Å². The van der Waals surface area contributed by atoms with Crippen molar-refractivity contribution in [3.05, 3.63) is 66.2 Å². The van der Waals surface area contributed by atoms with Gasteiger partial charge in [-0.2, -0.15) is 0 Å². The van der Waals surface area contributed by atoms with Crippen molar-refractivity contribution < 1.29 is 38.3 Å². The SMILES string of the molecule is C[C@@H]1C[C@H]2C(=O)OC[C@H](NC(=O)[C@H](Cc3ccccc3)NC(=O)Nc3ccccc3)C(=O)N3CSC[C@H]3C(=O)N3CCCC[C@H]3C(=O)N[C@@H](C)C(=O)N2C1. The molecule has 288 valence electrons. The highest BCUT2D eigenvalue weighted by atomic mass is 32.2. The van der Waals surface area contributed by atoms with E-state index in [9.17, 15) is 33.6 Å². The maximum Gasteiger partial charge on any atom is 0.328 e. The number of urea groups is 1. The second kappa shape index (κ2) is 17.3. The van der Waals surface area contributed by atoms with Crippen LogP contribution in [0.1, 0.15) is 45.1 Å². The van der Waals surface area contributed by atoms with Crippen molar-refractivity contribution in [1.29, 1.82) is 0 Å². The average molecular weight is 762 g/mol. The number of piperidine rings is 1. The molecule has 0 bridgehead atoms. The minimum atomic E-state index is -1.44. The van der Waals surface area contributed by atoms with Crippen LogP contribution in [0.4, 0.5) is 10.5 Å². The first-order valence-corrected chi connectivity index (χ1v) is 19.6. The van der Waals surface area contributed by atoms with Gasteiger partial charge in [0, 0.05) is 31.0 Å². The van der Waals surface area contributed by atoms with Gasteiger partial charge in [-0.3, -0.25) is 24.0 Å². The summed E-state index contributed by atoms with van der Waals surface area (Å²) in [5.74, 6) is -3.12. The number of thioether (sulfide) groups is 1. The standard InChI is InChI=1S/C38H47N7O8S/c1-23-17-30-37(51)53-20-28(41-32(46)27(18-25-11-5-3-6-12-25)42-38(52)40-26-13-7-4-8-14-26)35(49)45-22-54-21-31(45)36(50)43-16-10-9-15-29(43)33(47)39-24(2)34(48)44(30)19-23/h3-8,11-14,23-24,27-31H,9-10,15-22H2,1-2H3,(H,39,47)(H,41,46)(H2,40,42,52)/t23-,24+,27+,28+,29+,30+,31+/m1/s1. The number of anilines is 1. The lowest BCUT2D eigenvalue weighted by Crippen LogP contribution is -2.62. The number of cyclic esters (lactones) is 1. The minimum absolute atomic E-state index is 0.0469. The first-order chi connectivity index (χ1) is 26.0. The van der Waals surface area contributed by atoms with Gasteiger partial charge in [0.25, 0.3) is 0 Å². The zero-order valence-corrected chi connectivity index (χ0v) is 31.2. The Balaban J connectivity index is 1.30. The number of benzene rings is 2. The maximum atomic E-state index is 14.4. The van der Waals surface area contributed by atoms with Crippen molar-refractivity contribution in [3.8, 4) is 0 Å². The number of carbonyl (C=O) groups excluding carboxylic acids is 7. The number of esters is 1. The van der Waals surface area contributed by atoms with Crippen LogP contribution in [0.15, 0.2) is 60.7 Å². The molecular weight excluding hydrogens is 715 g/mol. The quantitative estimate of drug-likeness (QED) is 0.317. The van der Waals surface area contributed by atoms with Crippen molar-refractivity contribution in [3.63, 3.8) is 0 Å². The molecule has 0 radical (unpaired) electrons. The van der Waals surface area contributed by atoms with Gasteiger partial charge in [-0.05, 0) is 56.2 Å². The second-order valence-corrected chi connectivity index (χ2v) is 15.3. The molecule has 0 saturated carbocycles. The number of hydrogen-bond acceptors (Lipinski definition) is 9. The van der Waals surface area contributed by atoms with Crippen LogP contribution >= 0.6 is 11.8 Å². The molecule has 0 unspecified atom stereocenters. The van der Waals surface area contributed by atoms with E-state index in [0.717, 1.165) is 5.56 Å². The third kappa shape index (κ3) is 8.97. The van der Waals surface area contributed by atoms with Gasteiger partial charge < -0.3 is 40.7 Å². The summed E-state index contributed by atoms with van der Waals surface area (Å²) in [5, 5.41) is 10.9. The lowest BCUT2D eigenvalue weighted by atomic mass is 9.99. The Labute approximate surface area is 318 Å². The summed E-state index contributed by atoms with van der Waals surface area (Å²) in [4.78, 5) is 101. The number of ether oxygens (including phenoxy) is 1. The zero-order valence-electron chi connectivity index (χ0n) is 30.4. The van der Waals surface area contributed by atoms with E-state index in [2.05, 4.69) is 21.3 Å². The average Bonchev–Trinajstić information content (AvgIpc) is 3.83. The summed E-state index contributed by atoms with van der Waals surface area (Å²) in [6.07, 6.45) is 2.16. The second-order valence-electron chi connectivity index (χ2n) is 14.3. The monoisotopic (exact) mass is 761 g/mol. The number of fused-ring (bicyclic) bond motifs is 3. The molecule has 7 atom stereocenters. The predicted molar refractivity (Wildman–Crippen MR) is 200 cm³/mol. The van der Waals surface area contributed by atoms with Crippen LogP contribution in [-0.4, -0.2) is 124 Å². The number of rotatable bonds is 6. The van der Waals surface area contributed by atoms with Crippen molar-refractivity contribution >= 4 is 59.0 Å². The van der Waals surface area contributed by atoms with E-state index in [0.29, 0.717) is 37.9 Å². The largest absolute Gasteiger partial charge is 0.461 e. The van der Waals surface area contributed by atoms with E-state index < -0.39 is 84.4 Å². The highest BCUT2D eigenvalue weighted by Crippen LogP contribution is 2.29. The summed E-state index contributed by atoms with van der Waals surface area (Å²) in [7, 11) is 0. The van der Waals surface area contributed by atoms with Crippen LogP contribution in [0.25, 0.3) is 0 Å². The molecule has 4 saturated heterocycles. The van der Waals surface area contributed by atoms with Gasteiger partial charge in [-0.1, -0.05) is 55.5 Å². The molecule has 15 nitrogen and oxygen atoms in total. The number of carbonyl (C=O) groups is 7. The smallest absolute Gasteiger partial charge is 0.328 e. The van der Waals surface area contributed by atoms with E-state index in [4.69, 9.17) is 4.74 Å². The molecular formula is C38H47N7O8S. The van der Waals surface area contributed by atoms with Gasteiger partial charge in [0.15, 0.2) is 0 Å². The van der Waals surface area contributed by atoms with Gasteiger partial charge in [0.1, 0.15) is 42.9 Å². The molecule has 4 fully saturated rings. The topological polar surface area (TPSA) is 187 Å². The molecule has 7 amide bonds. The fraction of sp³-hybridized carbons (Fsp3) is 0.500. The van der Waals surface area contributed by atoms with Crippen molar-refractivity contribution in [1.82, 2.24) is 30.7 Å². The summed E-state index contributed by atoms with van der Waals surface area (Å²) >= 11 is 1.36. The Kier molecular flexibility index (Phi) is 12.4. The van der Waals surface area contributed by atoms with Crippen molar-refractivity contribution in [2.45, 2.75) is 82.2 Å². The number of para-hydroxylation sites is 1. The number of nitrogens with one attached hydrogen (secondary N) is 4. The zero-order chi connectivity index (χ0) is 38.4. The van der Waals surface area contributed by atoms with Gasteiger partial charge in [-0.15, -0.1) is 11.8 Å². The van der Waals surface area contributed by atoms with Gasteiger partial charge in [-0.25, -0.2) is 9.59 Å². The van der Waals surface area contributed by atoms with E-state index in [1.165, 1.54) is 26.5 Å². The van der Waals surface area contributed by atoms with Crippen LogP contribution in [0, 0.1) is 5.92 Å². The number of hydrogen-bond donors (Lipinski definition) is 4. The fourth-order valence-corrected chi connectivity index (χ4v) is 8.63. The third-order valence-electron chi connectivity index (χ3n) is 10.3. The molecule has 4 N–H and O–H groups in total. The van der Waals surface area contributed by atoms with E-state index >= 15 is 0 Å². The number of nitrogens with zero attached hydrogens (tertiary/aromatic N) is 3. The van der Waals surface area contributed by atoms with Crippen LogP contribution < -0.4 is 21.3 Å². The summed E-state index contributed by atoms with van der Waals surface area (Å²) in [6.45, 7) is 3.45. The lowest BCUT2D eigenvalue weighted by molar-refractivity contribution is -0.158. The van der Waals surface area contributed by atoms with Crippen LogP contribution in [0.3, 0.4) is 0 Å². The first kappa shape index (κ1) is 38.6. The molecule has 16 heteroatoms. The third-order valence-corrected chi connectivity index (χ3v) is 11.3. The number of amides is 7. The molecule has 4 aliphatic heterocycles. The Bertz CT molecular complexity index is 1730. The van der Waals surface area contributed by atoms with Crippen LogP contribution in [-0.2, 0) is 39.9 Å². The van der Waals surface area contributed by atoms with E-state index in [1.807, 2.05) is 13.0 Å². The highest BCUT2D eigenvalue weighted by Gasteiger charge is 2.46. The molecule has 2 aromatic carbocycles. The summed E-state index contributed by atoms with van der Waals surface area (Å²) < 4.78 is 5.73. The lowest BCUT2D eigenvalue weighted by Gasteiger charge is -2.39. The Morgan fingerprint density at radius 3 is 2.33 bits per heavy atom. The molecule has 4 aliphatic rings. The Hall–Kier alpha value is -5.12. The summed E-state index contributed by atoms with van der Waals surface area (Å²) in [5.41, 5.74) is 1.25. The van der Waals surface area contributed by atoms with E-state index in [-0.39, 0.29) is 30.5 Å². The highest BCUT2D eigenvalue weighted by molar-refractivity contribution is 7.99. The van der Waals surface area contributed by atoms with Crippen LogP contribution in [0.5, 0.6) is 0 Å². The Morgan fingerprint density at radius 2 is 1.59 bits per heavy atom. The maximum absolute atomic E-state index is 14.4. The molecule has 0 aliphatic carbocycles. The predicted octanol–water partition coefficient (Wildman–Crippen LogP) is 1.49. The van der Waals surface area contributed by atoms with E-state index in [1.54, 1.807) is 61.5 Å². The first-order valence-electron chi connectivity index (χ1n) is 18.4. The normalized spacial score (nSPS) is 27.2. The van der Waals surface area contributed by atoms with Crippen LogP contribution in [0.2, 0.25) is 0 Å². The Morgan fingerprint density at radius 1 is 0.870 bits per heavy atom. The van der Waals surface area contributed by atoms with Crippen molar-refractivity contribution in [2.75, 3.05) is 36.6 Å². The minimum Gasteiger partial charge on any atom is -0.461 e. The molecule has 0 aromatic heterocycles. The molecule has 4 heterocycles. The summed E-state index contributed by atoms with van der Waals surface area (Å²) in [6, 6.07) is 10.8. The van der Waals surface area contributed by atoms with Gasteiger partial charge in [0.2, 0.25) is 29.5 Å². The van der Waals surface area contributed by atoms with Gasteiger partial charge in [0.05, 0.1) is 5.88 Å². The molecule has 0 spiro atoms. The molecule has 2 aromatic rings. The fourth-order valence-electron chi connectivity index (χ4n) is 7.47. The molecule has 6 rings (SSSR count).